The van der Waals surface area contributed by atoms with Crippen molar-refractivity contribution in [3.8, 4) is 11.4 Å². The number of nitrogens with zero attached hydrogens (tertiary/aromatic N) is 2. The van der Waals surface area contributed by atoms with Gasteiger partial charge in [0.25, 0.3) is 0 Å². The molecule has 3 nitrogen and oxygen atoms in total. The van der Waals surface area contributed by atoms with Gasteiger partial charge in [-0.1, -0.05) is 31.2 Å². The summed E-state index contributed by atoms with van der Waals surface area (Å²) in [5, 5.41) is 3.42. The van der Waals surface area contributed by atoms with Crippen molar-refractivity contribution in [2.24, 2.45) is 0 Å². The highest BCUT2D eigenvalue weighted by Gasteiger charge is 2.29. The topological polar surface area (TPSA) is 37.8 Å². The standard InChI is InChI=1S/C17H20BrN3/c1-3-10-19-17-14(18)15(12-8-9-12)20-16(21-17)13-7-5-4-6-11(13)2/h4-7,12H,3,8-10H2,1-2H3,(H,19,20,21). The van der Waals surface area contributed by atoms with Gasteiger partial charge in [-0.15, -0.1) is 0 Å². The fraction of sp³-hybridized carbons (Fsp3) is 0.412. The van der Waals surface area contributed by atoms with Crippen molar-refractivity contribution in [3.05, 3.63) is 40.0 Å². The van der Waals surface area contributed by atoms with Gasteiger partial charge in [0.2, 0.25) is 0 Å². The summed E-state index contributed by atoms with van der Waals surface area (Å²) in [6, 6.07) is 8.30. The molecule has 0 radical (unpaired) electrons. The molecule has 110 valence electrons. The molecule has 1 N–H and O–H groups in total. The smallest absolute Gasteiger partial charge is 0.162 e. The third-order valence-corrected chi connectivity index (χ3v) is 4.55. The largest absolute Gasteiger partial charge is 0.369 e. The maximum atomic E-state index is 4.84. The number of rotatable bonds is 5. The SMILES string of the molecule is CCCNc1nc(-c2ccccc2C)nc(C2CC2)c1Br. The fourth-order valence-electron chi connectivity index (χ4n) is 2.40. The number of halogens is 1. The molecule has 0 amide bonds. The van der Waals surface area contributed by atoms with E-state index in [0.29, 0.717) is 5.92 Å². The zero-order chi connectivity index (χ0) is 14.8. The first-order valence-electron chi connectivity index (χ1n) is 7.58. The molecule has 1 heterocycles. The number of hydrogen-bond acceptors (Lipinski definition) is 3. The molecule has 1 aliphatic rings. The summed E-state index contributed by atoms with van der Waals surface area (Å²) >= 11 is 3.69. The minimum absolute atomic E-state index is 0.590. The average molecular weight is 346 g/mol. The summed E-state index contributed by atoms with van der Waals surface area (Å²) in [4.78, 5) is 9.58. The third kappa shape index (κ3) is 3.10. The molecule has 2 aromatic rings. The number of aromatic nitrogens is 2. The minimum atomic E-state index is 0.590. The van der Waals surface area contributed by atoms with E-state index in [-0.39, 0.29) is 0 Å². The van der Waals surface area contributed by atoms with Gasteiger partial charge < -0.3 is 5.32 Å². The number of nitrogens with one attached hydrogen (secondary N) is 1. The second-order valence-corrected chi connectivity index (χ2v) is 6.40. The van der Waals surface area contributed by atoms with E-state index in [4.69, 9.17) is 9.97 Å². The van der Waals surface area contributed by atoms with E-state index in [1.807, 2.05) is 6.07 Å². The summed E-state index contributed by atoms with van der Waals surface area (Å²) in [5.74, 6) is 2.34. The Bertz CT molecular complexity index is 650. The Morgan fingerprint density at radius 3 is 2.67 bits per heavy atom. The molecule has 3 rings (SSSR count). The van der Waals surface area contributed by atoms with Gasteiger partial charge in [-0.3, -0.25) is 0 Å². The van der Waals surface area contributed by atoms with Crippen LogP contribution in [0, 0.1) is 6.92 Å². The Morgan fingerprint density at radius 2 is 2.00 bits per heavy atom. The highest BCUT2D eigenvalue weighted by Crippen LogP contribution is 2.44. The molecule has 1 aliphatic carbocycles. The minimum Gasteiger partial charge on any atom is -0.369 e. The molecule has 0 bridgehead atoms. The molecule has 21 heavy (non-hydrogen) atoms. The van der Waals surface area contributed by atoms with E-state index < -0.39 is 0 Å². The van der Waals surface area contributed by atoms with Crippen LogP contribution >= 0.6 is 15.9 Å². The molecule has 4 heteroatoms. The second-order valence-electron chi connectivity index (χ2n) is 5.61. The van der Waals surface area contributed by atoms with E-state index in [0.717, 1.165) is 40.3 Å². The molecule has 1 aromatic heterocycles. The van der Waals surface area contributed by atoms with Crippen LogP contribution in [0.1, 0.15) is 43.4 Å². The van der Waals surface area contributed by atoms with Crippen molar-refractivity contribution in [2.45, 2.75) is 39.0 Å². The van der Waals surface area contributed by atoms with Gasteiger partial charge in [0.1, 0.15) is 5.82 Å². The molecular weight excluding hydrogens is 326 g/mol. The normalized spacial score (nSPS) is 14.2. The van der Waals surface area contributed by atoms with Crippen LogP contribution in [-0.4, -0.2) is 16.5 Å². The van der Waals surface area contributed by atoms with Crippen molar-refractivity contribution in [3.63, 3.8) is 0 Å². The lowest BCUT2D eigenvalue weighted by atomic mass is 10.1. The molecule has 1 saturated carbocycles. The molecule has 1 aromatic carbocycles. The summed E-state index contributed by atoms with van der Waals surface area (Å²) in [7, 11) is 0. The molecular formula is C17H20BrN3. The van der Waals surface area contributed by atoms with Gasteiger partial charge in [-0.05, 0) is 47.7 Å². The molecule has 0 spiro atoms. The summed E-state index contributed by atoms with van der Waals surface area (Å²) in [6.45, 7) is 5.19. The lowest BCUT2D eigenvalue weighted by molar-refractivity contribution is 0.939. The van der Waals surface area contributed by atoms with Gasteiger partial charge in [-0.2, -0.15) is 0 Å². The molecule has 0 atom stereocenters. The lowest BCUT2D eigenvalue weighted by Crippen LogP contribution is -2.07. The number of anilines is 1. The highest BCUT2D eigenvalue weighted by atomic mass is 79.9. The molecule has 0 unspecified atom stereocenters. The maximum Gasteiger partial charge on any atom is 0.162 e. The maximum absolute atomic E-state index is 4.84. The first-order valence-corrected chi connectivity index (χ1v) is 8.37. The Balaban J connectivity index is 2.08. The van der Waals surface area contributed by atoms with Gasteiger partial charge in [0, 0.05) is 18.0 Å². The predicted octanol–water partition coefficient (Wildman–Crippen LogP) is 4.91. The predicted molar refractivity (Wildman–Crippen MR) is 90.7 cm³/mol. The van der Waals surface area contributed by atoms with Crippen molar-refractivity contribution in [2.75, 3.05) is 11.9 Å². The van der Waals surface area contributed by atoms with Crippen LogP contribution in [0.5, 0.6) is 0 Å². The van der Waals surface area contributed by atoms with E-state index in [2.05, 4.69) is 53.3 Å². The van der Waals surface area contributed by atoms with Crippen LogP contribution < -0.4 is 5.32 Å². The van der Waals surface area contributed by atoms with Crippen LogP contribution in [-0.2, 0) is 0 Å². The Kier molecular flexibility index (Phi) is 4.24. The van der Waals surface area contributed by atoms with E-state index in [9.17, 15) is 0 Å². The first kappa shape index (κ1) is 14.5. The zero-order valence-corrected chi connectivity index (χ0v) is 14.1. The van der Waals surface area contributed by atoms with E-state index in [1.165, 1.54) is 18.4 Å². The van der Waals surface area contributed by atoms with E-state index >= 15 is 0 Å². The van der Waals surface area contributed by atoms with Gasteiger partial charge >= 0.3 is 0 Å². The number of benzene rings is 1. The fourth-order valence-corrected chi connectivity index (χ4v) is 3.04. The van der Waals surface area contributed by atoms with E-state index in [1.54, 1.807) is 0 Å². The number of aryl methyl sites for hydroxylation is 1. The summed E-state index contributed by atoms with van der Waals surface area (Å²) < 4.78 is 1.04. The van der Waals surface area contributed by atoms with Crippen LogP contribution in [0.2, 0.25) is 0 Å². The van der Waals surface area contributed by atoms with Crippen molar-refractivity contribution in [1.82, 2.24) is 9.97 Å². The number of hydrogen-bond donors (Lipinski definition) is 1. The lowest BCUT2D eigenvalue weighted by Gasteiger charge is -2.13. The molecule has 1 fully saturated rings. The second kappa shape index (κ2) is 6.14. The van der Waals surface area contributed by atoms with Crippen LogP contribution in [0.3, 0.4) is 0 Å². The Hall–Kier alpha value is -1.42. The molecule has 0 saturated heterocycles. The summed E-state index contributed by atoms with van der Waals surface area (Å²) in [5.41, 5.74) is 3.48. The quantitative estimate of drug-likeness (QED) is 0.836. The van der Waals surface area contributed by atoms with Crippen molar-refractivity contribution >= 4 is 21.7 Å². The molecule has 0 aliphatic heterocycles. The van der Waals surface area contributed by atoms with Crippen LogP contribution in [0.25, 0.3) is 11.4 Å². The van der Waals surface area contributed by atoms with Gasteiger partial charge in [0.15, 0.2) is 5.82 Å². The monoisotopic (exact) mass is 345 g/mol. The average Bonchev–Trinajstić information content (AvgIpc) is 3.31. The van der Waals surface area contributed by atoms with Crippen molar-refractivity contribution < 1.29 is 0 Å². The van der Waals surface area contributed by atoms with Gasteiger partial charge in [-0.25, -0.2) is 9.97 Å². The van der Waals surface area contributed by atoms with Crippen LogP contribution in [0.15, 0.2) is 28.7 Å². The van der Waals surface area contributed by atoms with Crippen molar-refractivity contribution in [1.29, 1.82) is 0 Å². The summed E-state index contributed by atoms with van der Waals surface area (Å²) in [6.07, 6.45) is 3.54. The van der Waals surface area contributed by atoms with Gasteiger partial charge in [0.05, 0.1) is 10.2 Å². The Labute approximate surface area is 134 Å². The highest BCUT2D eigenvalue weighted by molar-refractivity contribution is 9.10. The Morgan fingerprint density at radius 1 is 1.24 bits per heavy atom. The zero-order valence-electron chi connectivity index (χ0n) is 12.5. The van der Waals surface area contributed by atoms with Crippen LogP contribution in [0.4, 0.5) is 5.82 Å². The third-order valence-electron chi connectivity index (χ3n) is 3.77. The first-order chi connectivity index (χ1) is 10.2.